The van der Waals surface area contributed by atoms with Gasteiger partial charge in [-0.25, -0.2) is 4.98 Å². The highest BCUT2D eigenvalue weighted by Gasteiger charge is 2.37. The molecule has 0 aliphatic rings. The van der Waals surface area contributed by atoms with E-state index in [2.05, 4.69) is 9.40 Å². The van der Waals surface area contributed by atoms with E-state index in [1.54, 1.807) is 12.1 Å². The average Bonchev–Trinajstić information content (AvgIpc) is 2.48. The van der Waals surface area contributed by atoms with E-state index in [1.165, 1.54) is 6.07 Å². The molecule has 0 bridgehead atoms. The number of nitrogens with zero attached hydrogens (tertiary/aromatic N) is 1. The highest BCUT2D eigenvalue weighted by molar-refractivity contribution is 14.1. The second-order valence-corrected chi connectivity index (χ2v) is 3.77. The van der Waals surface area contributed by atoms with Gasteiger partial charge in [-0.1, -0.05) is 6.07 Å². The molecule has 0 radical (unpaired) electrons. The molecule has 0 fully saturated rings. The molecule has 0 aliphatic heterocycles. The van der Waals surface area contributed by atoms with Gasteiger partial charge in [0.2, 0.25) is 0 Å². The second-order valence-electron chi connectivity index (χ2n) is 2.60. The fraction of sp³-hybridized carbons (Fsp3) is 0.125. The molecule has 0 saturated heterocycles. The van der Waals surface area contributed by atoms with E-state index in [9.17, 15) is 13.2 Å². The Bertz CT molecular complexity index is 477. The first-order chi connectivity index (χ1) is 6.48. The summed E-state index contributed by atoms with van der Waals surface area (Å²) in [5.41, 5.74) is 0.407. The normalized spacial score (nSPS) is 12.3. The topological polar surface area (TPSA) is 26.0 Å². The number of benzene rings is 1. The average molecular weight is 313 g/mol. The van der Waals surface area contributed by atoms with Crippen LogP contribution >= 0.6 is 22.6 Å². The van der Waals surface area contributed by atoms with Gasteiger partial charge in [-0.05, 0) is 34.7 Å². The van der Waals surface area contributed by atoms with Crippen molar-refractivity contribution < 1.29 is 17.6 Å². The SMILES string of the molecule is FC(F)(F)c1nc2c(I)cccc2o1. The predicted octanol–water partition coefficient (Wildman–Crippen LogP) is 3.45. The molecule has 0 atom stereocenters. The highest BCUT2D eigenvalue weighted by Crippen LogP contribution is 2.32. The van der Waals surface area contributed by atoms with Gasteiger partial charge in [0.05, 0.1) is 0 Å². The first-order valence-electron chi connectivity index (χ1n) is 3.61. The van der Waals surface area contributed by atoms with E-state index in [1.807, 2.05) is 22.6 Å². The van der Waals surface area contributed by atoms with Gasteiger partial charge in [0.15, 0.2) is 5.58 Å². The van der Waals surface area contributed by atoms with Crippen molar-refractivity contribution in [1.82, 2.24) is 4.98 Å². The molecule has 0 saturated carbocycles. The minimum absolute atomic E-state index is 0.157. The molecule has 0 amide bonds. The molecule has 14 heavy (non-hydrogen) atoms. The number of oxazole rings is 1. The molecular formula is C8H3F3INO. The first kappa shape index (κ1) is 9.75. The van der Waals surface area contributed by atoms with Crippen molar-refractivity contribution in [2.24, 2.45) is 0 Å². The summed E-state index contributed by atoms with van der Waals surface area (Å²) in [5.74, 6) is -1.20. The summed E-state index contributed by atoms with van der Waals surface area (Å²) in [7, 11) is 0. The molecule has 2 aromatic rings. The Balaban J connectivity index is 2.69. The third kappa shape index (κ3) is 1.58. The van der Waals surface area contributed by atoms with Gasteiger partial charge in [-0.3, -0.25) is 0 Å². The molecule has 0 spiro atoms. The van der Waals surface area contributed by atoms with Crippen LogP contribution in [-0.2, 0) is 6.18 Å². The van der Waals surface area contributed by atoms with Gasteiger partial charge < -0.3 is 4.42 Å². The Morgan fingerprint density at radius 1 is 1.29 bits per heavy atom. The van der Waals surface area contributed by atoms with Gasteiger partial charge >= 0.3 is 12.1 Å². The summed E-state index contributed by atoms with van der Waals surface area (Å²) in [4.78, 5) is 3.38. The highest BCUT2D eigenvalue weighted by atomic mass is 127. The maximum absolute atomic E-state index is 12.2. The van der Waals surface area contributed by atoms with E-state index in [-0.39, 0.29) is 11.1 Å². The van der Waals surface area contributed by atoms with Crippen LogP contribution in [0.4, 0.5) is 13.2 Å². The van der Waals surface area contributed by atoms with Crippen LogP contribution < -0.4 is 0 Å². The number of fused-ring (bicyclic) bond motifs is 1. The molecular weight excluding hydrogens is 310 g/mol. The van der Waals surface area contributed by atoms with E-state index in [0.717, 1.165) is 0 Å². The van der Waals surface area contributed by atoms with Crippen molar-refractivity contribution in [1.29, 1.82) is 0 Å². The summed E-state index contributed by atoms with van der Waals surface area (Å²) in [5, 5.41) is 0. The van der Waals surface area contributed by atoms with E-state index in [0.29, 0.717) is 3.57 Å². The van der Waals surface area contributed by atoms with Crippen LogP contribution in [-0.4, -0.2) is 4.98 Å². The zero-order chi connectivity index (χ0) is 10.3. The fourth-order valence-corrected chi connectivity index (χ4v) is 1.63. The van der Waals surface area contributed by atoms with Gasteiger partial charge in [0, 0.05) is 3.57 Å². The molecule has 0 N–H and O–H groups in total. The summed E-state index contributed by atoms with van der Waals surface area (Å²) < 4.78 is 41.8. The second kappa shape index (κ2) is 3.11. The molecule has 1 aromatic carbocycles. The Hall–Kier alpha value is -0.790. The van der Waals surface area contributed by atoms with Gasteiger partial charge in [0.25, 0.3) is 0 Å². The maximum atomic E-state index is 12.2. The predicted molar refractivity (Wildman–Crippen MR) is 51.7 cm³/mol. The first-order valence-corrected chi connectivity index (χ1v) is 4.68. The van der Waals surface area contributed by atoms with Crippen LogP contribution in [0.25, 0.3) is 11.1 Å². The fourth-order valence-electron chi connectivity index (χ4n) is 1.04. The Kier molecular flexibility index (Phi) is 2.17. The number of aromatic nitrogens is 1. The van der Waals surface area contributed by atoms with Gasteiger partial charge in [0.1, 0.15) is 5.52 Å². The summed E-state index contributed by atoms with van der Waals surface area (Å²) in [6.07, 6.45) is -4.53. The Morgan fingerprint density at radius 2 is 2.00 bits per heavy atom. The molecule has 1 heterocycles. The van der Waals surface area contributed by atoms with Gasteiger partial charge in [-0.15, -0.1) is 0 Å². The van der Waals surface area contributed by atoms with Crippen LogP contribution in [0.1, 0.15) is 5.89 Å². The minimum atomic E-state index is -4.53. The molecule has 74 valence electrons. The van der Waals surface area contributed by atoms with Crippen LogP contribution in [0, 0.1) is 3.57 Å². The summed E-state index contributed by atoms with van der Waals surface area (Å²) >= 11 is 1.91. The molecule has 1 aromatic heterocycles. The lowest BCUT2D eigenvalue weighted by Crippen LogP contribution is -2.04. The van der Waals surface area contributed by atoms with Crippen molar-refractivity contribution in [3.05, 3.63) is 27.7 Å². The quantitative estimate of drug-likeness (QED) is 0.696. The van der Waals surface area contributed by atoms with Crippen molar-refractivity contribution in [2.45, 2.75) is 6.18 Å². The van der Waals surface area contributed by atoms with Crippen LogP contribution in [0.3, 0.4) is 0 Å². The van der Waals surface area contributed by atoms with Crippen molar-refractivity contribution in [3.8, 4) is 0 Å². The number of alkyl halides is 3. The van der Waals surface area contributed by atoms with E-state index < -0.39 is 12.1 Å². The van der Waals surface area contributed by atoms with Crippen molar-refractivity contribution in [3.63, 3.8) is 0 Å². The summed E-state index contributed by atoms with van der Waals surface area (Å²) in [6.45, 7) is 0. The summed E-state index contributed by atoms with van der Waals surface area (Å²) in [6, 6.07) is 4.75. The monoisotopic (exact) mass is 313 g/mol. The lowest BCUT2D eigenvalue weighted by molar-refractivity contribution is -0.156. The number of rotatable bonds is 0. The molecule has 0 unspecified atom stereocenters. The van der Waals surface area contributed by atoms with Crippen LogP contribution in [0.15, 0.2) is 22.6 Å². The van der Waals surface area contributed by atoms with Gasteiger partial charge in [-0.2, -0.15) is 13.2 Å². The standard InChI is InChI=1S/C8H3F3INO/c9-8(10,11)7-13-6-4(12)2-1-3-5(6)14-7/h1-3H. The third-order valence-corrected chi connectivity index (χ3v) is 2.48. The lowest BCUT2D eigenvalue weighted by Gasteiger charge is -1.97. The number of halogens is 4. The van der Waals surface area contributed by atoms with E-state index in [4.69, 9.17) is 0 Å². The number of hydrogen-bond acceptors (Lipinski definition) is 2. The third-order valence-electron chi connectivity index (χ3n) is 1.61. The number of para-hydroxylation sites is 1. The van der Waals surface area contributed by atoms with E-state index >= 15 is 0 Å². The largest absolute Gasteiger partial charge is 0.468 e. The maximum Gasteiger partial charge on any atom is 0.468 e. The molecule has 6 heteroatoms. The molecule has 2 rings (SSSR count). The minimum Gasteiger partial charge on any atom is -0.433 e. The zero-order valence-electron chi connectivity index (χ0n) is 6.60. The van der Waals surface area contributed by atoms with Crippen LogP contribution in [0.5, 0.6) is 0 Å². The smallest absolute Gasteiger partial charge is 0.433 e. The lowest BCUT2D eigenvalue weighted by atomic mass is 10.3. The molecule has 0 aliphatic carbocycles. The van der Waals surface area contributed by atoms with Crippen LogP contribution in [0.2, 0.25) is 0 Å². The zero-order valence-corrected chi connectivity index (χ0v) is 8.76. The Labute approximate surface area is 90.3 Å². The Morgan fingerprint density at radius 3 is 2.57 bits per heavy atom. The van der Waals surface area contributed by atoms with Crippen molar-refractivity contribution >= 4 is 33.7 Å². The number of hydrogen-bond donors (Lipinski definition) is 0. The molecule has 2 nitrogen and oxygen atoms in total. The van der Waals surface area contributed by atoms with Crippen molar-refractivity contribution in [2.75, 3.05) is 0 Å².